The number of carboxylic acids is 1. The molecule has 0 radical (unpaired) electrons. The highest BCUT2D eigenvalue weighted by molar-refractivity contribution is 5.94. The zero-order valence-corrected chi connectivity index (χ0v) is 16.8. The van der Waals surface area contributed by atoms with E-state index in [0.717, 1.165) is 22.6 Å². The summed E-state index contributed by atoms with van der Waals surface area (Å²) in [5.74, 6) is -0.815. The van der Waals surface area contributed by atoms with Crippen molar-refractivity contribution in [3.8, 4) is 5.69 Å². The second-order valence-corrected chi connectivity index (χ2v) is 7.47. The molecule has 1 amide bonds. The van der Waals surface area contributed by atoms with E-state index in [0.29, 0.717) is 25.1 Å². The molecule has 1 aromatic carbocycles. The SMILES string of the molecule is Cc1nn(-c2ccc(C(=O)N3CC(C)OC(C)C3)cc2)c(C)c1CCC(=O)O. The van der Waals surface area contributed by atoms with Gasteiger partial charge in [-0.15, -0.1) is 0 Å². The lowest BCUT2D eigenvalue weighted by Crippen LogP contribution is -2.48. The molecule has 1 saturated heterocycles. The van der Waals surface area contributed by atoms with Crippen LogP contribution in [0.2, 0.25) is 0 Å². The lowest BCUT2D eigenvalue weighted by Gasteiger charge is -2.35. The zero-order chi connectivity index (χ0) is 20.4. The fourth-order valence-corrected chi connectivity index (χ4v) is 3.79. The van der Waals surface area contributed by atoms with Gasteiger partial charge in [0.15, 0.2) is 0 Å². The number of benzene rings is 1. The molecule has 0 saturated carbocycles. The second kappa shape index (κ2) is 8.14. The number of hydrogen-bond donors (Lipinski definition) is 1. The largest absolute Gasteiger partial charge is 0.481 e. The van der Waals surface area contributed by atoms with Crippen molar-refractivity contribution in [2.24, 2.45) is 0 Å². The summed E-state index contributed by atoms with van der Waals surface area (Å²) in [6.45, 7) is 8.96. The molecule has 1 fully saturated rings. The van der Waals surface area contributed by atoms with E-state index in [1.165, 1.54) is 0 Å². The molecule has 0 aliphatic carbocycles. The van der Waals surface area contributed by atoms with Gasteiger partial charge in [-0.1, -0.05) is 0 Å². The topological polar surface area (TPSA) is 84.7 Å². The van der Waals surface area contributed by atoms with Crippen molar-refractivity contribution in [1.29, 1.82) is 0 Å². The Kier molecular flexibility index (Phi) is 5.84. The van der Waals surface area contributed by atoms with E-state index in [9.17, 15) is 9.59 Å². The molecule has 2 unspecified atom stereocenters. The number of carboxylic acid groups (broad SMARTS) is 1. The van der Waals surface area contributed by atoms with Gasteiger partial charge >= 0.3 is 5.97 Å². The van der Waals surface area contributed by atoms with Crippen LogP contribution in [-0.2, 0) is 16.0 Å². The van der Waals surface area contributed by atoms with Gasteiger partial charge in [0.1, 0.15) is 0 Å². The molecule has 1 aliphatic rings. The highest BCUT2D eigenvalue weighted by Crippen LogP contribution is 2.21. The van der Waals surface area contributed by atoms with Gasteiger partial charge in [-0.2, -0.15) is 5.10 Å². The Morgan fingerprint density at radius 2 is 1.75 bits per heavy atom. The minimum absolute atomic E-state index is 0.00376. The number of rotatable bonds is 5. The van der Waals surface area contributed by atoms with Gasteiger partial charge in [0, 0.05) is 30.8 Å². The average Bonchev–Trinajstić information content (AvgIpc) is 2.92. The average molecular weight is 385 g/mol. The Morgan fingerprint density at radius 3 is 2.32 bits per heavy atom. The fraction of sp³-hybridized carbons (Fsp3) is 0.476. The summed E-state index contributed by atoms with van der Waals surface area (Å²) < 4.78 is 7.50. The van der Waals surface area contributed by atoms with Crippen LogP contribution < -0.4 is 0 Å². The molecule has 2 heterocycles. The van der Waals surface area contributed by atoms with Crippen molar-refractivity contribution in [2.75, 3.05) is 13.1 Å². The standard InChI is InChI=1S/C21H27N3O4/c1-13-11-23(12-14(2)28-13)21(27)17-5-7-18(8-6-17)24-16(4)19(15(3)22-24)9-10-20(25)26/h5-8,13-14H,9-12H2,1-4H3,(H,25,26). The van der Waals surface area contributed by atoms with E-state index in [-0.39, 0.29) is 24.5 Å². The maximum Gasteiger partial charge on any atom is 0.303 e. The summed E-state index contributed by atoms with van der Waals surface area (Å²) in [4.78, 5) is 25.5. The maximum absolute atomic E-state index is 12.8. The quantitative estimate of drug-likeness (QED) is 0.855. The van der Waals surface area contributed by atoms with Gasteiger partial charge in [0.05, 0.1) is 23.6 Å². The molecule has 28 heavy (non-hydrogen) atoms. The number of hydrogen-bond acceptors (Lipinski definition) is 4. The van der Waals surface area contributed by atoms with E-state index in [4.69, 9.17) is 9.84 Å². The van der Waals surface area contributed by atoms with Gasteiger partial charge in [0.25, 0.3) is 5.91 Å². The van der Waals surface area contributed by atoms with Crippen LogP contribution in [0.15, 0.2) is 24.3 Å². The molecular weight excluding hydrogens is 358 g/mol. The first-order valence-corrected chi connectivity index (χ1v) is 9.58. The first-order valence-electron chi connectivity index (χ1n) is 9.58. The number of aromatic nitrogens is 2. The molecule has 0 spiro atoms. The first-order chi connectivity index (χ1) is 13.3. The lowest BCUT2D eigenvalue weighted by atomic mass is 10.1. The molecule has 150 valence electrons. The van der Waals surface area contributed by atoms with Crippen molar-refractivity contribution in [3.63, 3.8) is 0 Å². The molecule has 0 bridgehead atoms. The third-order valence-corrected chi connectivity index (χ3v) is 5.10. The predicted octanol–water partition coefficient (Wildman–Crippen LogP) is 2.76. The summed E-state index contributed by atoms with van der Waals surface area (Å²) >= 11 is 0. The second-order valence-electron chi connectivity index (χ2n) is 7.47. The smallest absolute Gasteiger partial charge is 0.303 e. The number of aliphatic carboxylic acids is 1. The Bertz CT molecular complexity index is 863. The molecule has 2 atom stereocenters. The molecule has 3 rings (SSSR count). The van der Waals surface area contributed by atoms with Crippen LogP contribution in [0.5, 0.6) is 0 Å². The van der Waals surface area contributed by atoms with E-state index in [1.807, 2.05) is 56.9 Å². The van der Waals surface area contributed by atoms with Crippen LogP contribution in [0.3, 0.4) is 0 Å². The number of carbonyl (C=O) groups is 2. The summed E-state index contributed by atoms with van der Waals surface area (Å²) in [6, 6.07) is 7.38. The van der Waals surface area contributed by atoms with E-state index < -0.39 is 5.97 Å². The first kappa shape index (κ1) is 20.1. The number of nitrogens with zero attached hydrogens (tertiary/aromatic N) is 3. The number of morpholine rings is 1. The summed E-state index contributed by atoms with van der Waals surface area (Å²) in [5, 5.41) is 13.5. The van der Waals surface area contributed by atoms with Gasteiger partial charge in [0.2, 0.25) is 0 Å². The molecule has 1 N–H and O–H groups in total. The molecule has 7 heteroatoms. The Hall–Kier alpha value is -2.67. The lowest BCUT2D eigenvalue weighted by molar-refractivity contribution is -0.136. The Balaban J connectivity index is 1.78. The number of ether oxygens (including phenoxy) is 1. The van der Waals surface area contributed by atoms with Crippen molar-refractivity contribution < 1.29 is 19.4 Å². The third kappa shape index (κ3) is 4.25. The third-order valence-electron chi connectivity index (χ3n) is 5.10. The van der Waals surface area contributed by atoms with E-state index in [1.54, 1.807) is 4.68 Å². The minimum Gasteiger partial charge on any atom is -0.481 e. The van der Waals surface area contributed by atoms with Gasteiger partial charge in [-0.3, -0.25) is 9.59 Å². The van der Waals surface area contributed by atoms with Crippen LogP contribution in [0.4, 0.5) is 0 Å². The van der Waals surface area contributed by atoms with Crippen LogP contribution >= 0.6 is 0 Å². The summed E-state index contributed by atoms with van der Waals surface area (Å²) in [7, 11) is 0. The van der Waals surface area contributed by atoms with Crippen molar-refractivity contribution in [2.45, 2.75) is 52.7 Å². The normalized spacial score (nSPS) is 19.6. The van der Waals surface area contributed by atoms with E-state index in [2.05, 4.69) is 5.10 Å². The summed E-state index contributed by atoms with van der Waals surface area (Å²) in [6.07, 6.45) is 0.602. The zero-order valence-electron chi connectivity index (χ0n) is 16.8. The number of aryl methyl sites for hydroxylation is 1. The van der Waals surface area contributed by atoms with Crippen LogP contribution in [0.1, 0.15) is 47.6 Å². The molecular formula is C21H27N3O4. The molecule has 2 aromatic rings. The molecule has 1 aliphatic heterocycles. The van der Waals surface area contributed by atoms with E-state index >= 15 is 0 Å². The monoisotopic (exact) mass is 385 g/mol. The van der Waals surface area contributed by atoms with Gasteiger partial charge < -0.3 is 14.7 Å². The summed E-state index contributed by atoms with van der Waals surface area (Å²) in [5.41, 5.74) is 4.20. The van der Waals surface area contributed by atoms with Crippen molar-refractivity contribution >= 4 is 11.9 Å². The van der Waals surface area contributed by atoms with Crippen molar-refractivity contribution in [1.82, 2.24) is 14.7 Å². The van der Waals surface area contributed by atoms with Crippen LogP contribution in [-0.4, -0.2) is 57.0 Å². The highest BCUT2D eigenvalue weighted by Gasteiger charge is 2.26. The van der Waals surface area contributed by atoms with Crippen molar-refractivity contribution in [3.05, 3.63) is 46.8 Å². The van der Waals surface area contributed by atoms with Gasteiger partial charge in [-0.25, -0.2) is 4.68 Å². The number of carbonyl (C=O) groups excluding carboxylic acids is 1. The highest BCUT2D eigenvalue weighted by atomic mass is 16.5. The Labute approximate surface area is 164 Å². The number of amides is 1. The Morgan fingerprint density at radius 1 is 1.14 bits per heavy atom. The molecule has 1 aromatic heterocycles. The molecule has 7 nitrogen and oxygen atoms in total. The minimum atomic E-state index is -0.818. The van der Waals surface area contributed by atoms with Crippen LogP contribution in [0.25, 0.3) is 5.69 Å². The fourth-order valence-electron chi connectivity index (χ4n) is 3.79. The maximum atomic E-state index is 12.8. The van der Waals surface area contributed by atoms with Gasteiger partial charge in [-0.05, 0) is 63.9 Å². The predicted molar refractivity (Wildman–Crippen MR) is 105 cm³/mol. The van der Waals surface area contributed by atoms with Crippen LogP contribution in [0, 0.1) is 13.8 Å².